The predicted molar refractivity (Wildman–Crippen MR) is 107 cm³/mol. The number of aryl methyl sites for hydroxylation is 1. The summed E-state index contributed by atoms with van der Waals surface area (Å²) in [6.07, 6.45) is 5.65. The largest absolute Gasteiger partial charge is 0.497 e. The van der Waals surface area contributed by atoms with E-state index >= 15 is 0 Å². The Bertz CT molecular complexity index is 1060. The first-order valence-electron chi connectivity index (χ1n) is 8.98. The van der Waals surface area contributed by atoms with E-state index < -0.39 is 0 Å². The summed E-state index contributed by atoms with van der Waals surface area (Å²) in [7, 11) is 1.65. The van der Waals surface area contributed by atoms with Crippen molar-refractivity contribution in [2.75, 3.05) is 12.4 Å². The van der Waals surface area contributed by atoms with Gasteiger partial charge in [-0.05, 0) is 48.9 Å². The van der Waals surface area contributed by atoms with Crippen LogP contribution in [0.25, 0.3) is 22.3 Å². The zero-order valence-electron chi connectivity index (χ0n) is 15.4. The summed E-state index contributed by atoms with van der Waals surface area (Å²) in [5, 5.41) is 4.35. The molecule has 3 aromatic heterocycles. The standard InChI is InChI=1S/C21H21N5O/c1-3-5-15-12-19(18-13-23-20-17(18)6-4-11-22-20)26-21(25-15)24-14-7-9-16(27-2)10-8-14/h4,6-13H,3,5H2,1-2H3,(H,22,23)(H,24,25,26). The number of benzene rings is 1. The van der Waals surface area contributed by atoms with Crippen molar-refractivity contribution in [2.24, 2.45) is 0 Å². The highest BCUT2D eigenvalue weighted by molar-refractivity contribution is 5.92. The number of rotatable bonds is 6. The van der Waals surface area contributed by atoms with Gasteiger partial charge in [0.05, 0.1) is 12.8 Å². The summed E-state index contributed by atoms with van der Waals surface area (Å²) in [4.78, 5) is 17.0. The van der Waals surface area contributed by atoms with Crippen LogP contribution in [0.3, 0.4) is 0 Å². The number of ether oxygens (including phenoxy) is 1. The maximum atomic E-state index is 5.21. The number of methoxy groups -OCH3 is 1. The first-order chi connectivity index (χ1) is 13.3. The maximum Gasteiger partial charge on any atom is 0.227 e. The molecule has 2 N–H and O–H groups in total. The van der Waals surface area contributed by atoms with E-state index in [1.165, 1.54) is 0 Å². The second-order valence-electron chi connectivity index (χ2n) is 6.27. The number of aromatic amines is 1. The Morgan fingerprint density at radius 3 is 2.74 bits per heavy atom. The molecule has 6 nitrogen and oxygen atoms in total. The lowest BCUT2D eigenvalue weighted by Crippen LogP contribution is -2.02. The molecule has 0 fully saturated rings. The molecule has 6 heteroatoms. The minimum Gasteiger partial charge on any atom is -0.497 e. The molecule has 0 aliphatic heterocycles. The SMILES string of the molecule is CCCc1cc(-c2c[nH]c3ncccc23)nc(Nc2ccc(OC)cc2)n1. The average molecular weight is 359 g/mol. The van der Waals surface area contributed by atoms with Gasteiger partial charge in [0.25, 0.3) is 0 Å². The van der Waals surface area contributed by atoms with E-state index in [4.69, 9.17) is 9.72 Å². The average Bonchev–Trinajstić information content (AvgIpc) is 3.13. The van der Waals surface area contributed by atoms with E-state index in [1.807, 2.05) is 42.6 Å². The summed E-state index contributed by atoms with van der Waals surface area (Å²) in [5.41, 5.74) is 4.68. The lowest BCUT2D eigenvalue weighted by Gasteiger charge is -2.10. The van der Waals surface area contributed by atoms with Crippen molar-refractivity contribution in [2.45, 2.75) is 19.8 Å². The van der Waals surface area contributed by atoms with Gasteiger partial charge in [0.1, 0.15) is 11.4 Å². The molecule has 4 aromatic rings. The monoisotopic (exact) mass is 359 g/mol. The Hall–Kier alpha value is -3.41. The fourth-order valence-electron chi connectivity index (χ4n) is 3.05. The van der Waals surface area contributed by atoms with Crippen molar-refractivity contribution in [3.8, 4) is 17.0 Å². The number of fused-ring (bicyclic) bond motifs is 1. The van der Waals surface area contributed by atoms with Gasteiger partial charge in [0, 0.05) is 34.7 Å². The molecular weight excluding hydrogens is 338 g/mol. The second kappa shape index (κ2) is 7.45. The number of pyridine rings is 1. The Morgan fingerprint density at radius 1 is 1.11 bits per heavy atom. The maximum absolute atomic E-state index is 5.21. The van der Waals surface area contributed by atoms with Crippen LogP contribution in [0.1, 0.15) is 19.0 Å². The van der Waals surface area contributed by atoms with Crippen molar-refractivity contribution < 1.29 is 4.74 Å². The van der Waals surface area contributed by atoms with Crippen LogP contribution in [-0.2, 0) is 6.42 Å². The van der Waals surface area contributed by atoms with Crippen LogP contribution >= 0.6 is 0 Å². The van der Waals surface area contributed by atoms with Crippen LogP contribution in [-0.4, -0.2) is 27.0 Å². The molecule has 4 rings (SSSR count). The Kier molecular flexibility index (Phi) is 4.70. The smallest absolute Gasteiger partial charge is 0.227 e. The number of nitrogens with one attached hydrogen (secondary N) is 2. The molecule has 0 unspecified atom stereocenters. The van der Waals surface area contributed by atoms with E-state index in [1.54, 1.807) is 13.3 Å². The zero-order valence-corrected chi connectivity index (χ0v) is 15.4. The summed E-state index contributed by atoms with van der Waals surface area (Å²) in [5.74, 6) is 1.40. The van der Waals surface area contributed by atoms with Crippen LogP contribution in [0, 0.1) is 0 Å². The molecule has 1 aromatic carbocycles. The van der Waals surface area contributed by atoms with Gasteiger partial charge in [-0.15, -0.1) is 0 Å². The molecule has 0 spiro atoms. The molecule has 0 saturated heterocycles. The minimum atomic E-state index is 0.583. The lowest BCUT2D eigenvalue weighted by molar-refractivity contribution is 0.415. The molecular formula is C21H21N5O. The molecule has 0 aliphatic rings. The van der Waals surface area contributed by atoms with Crippen molar-refractivity contribution in [3.63, 3.8) is 0 Å². The third kappa shape index (κ3) is 3.60. The third-order valence-electron chi connectivity index (χ3n) is 4.36. The molecule has 0 saturated carbocycles. The van der Waals surface area contributed by atoms with Crippen LogP contribution < -0.4 is 10.1 Å². The minimum absolute atomic E-state index is 0.583. The highest BCUT2D eigenvalue weighted by Crippen LogP contribution is 2.28. The number of nitrogens with zero attached hydrogens (tertiary/aromatic N) is 3. The highest BCUT2D eigenvalue weighted by Gasteiger charge is 2.12. The number of hydrogen-bond donors (Lipinski definition) is 2. The van der Waals surface area contributed by atoms with Crippen LogP contribution in [0.15, 0.2) is 54.9 Å². The van der Waals surface area contributed by atoms with Gasteiger partial charge >= 0.3 is 0 Å². The van der Waals surface area contributed by atoms with Crippen LogP contribution in [0.2, 0.25) is 0 Å². The van der Waals surface area contributed by atoms with Gasteiger partial charge < -0.3 is 15.0 Å². The summed E-state index contributed by atoms with van der Waals surface area (Å²) in [6, 6.07) is 13.7. The van der Waals surface area contributed by atoms with Gasteiger partial charge in [-0.25, -0.2) is 15.0 Å². The van der Waals surface area contributed by atoms with E-state index in [9.17, 15) is 0 Å². The number of anilines is 2. The molecule has 0 aliphatic carbocycles. The molecule has 0 amide bonds. The van der Waals surface area contributed by atoms with Gasteiger partial charge in [-0.3, -0.25) is 0 Å². The van der Waals surface area contributed by atoms with Gasteiger partial charge in [0.2, 0.25) is 5.95 Å². The summed E-state index contributed by atoms with van der Waals surface area (Å²) >= 11 is 0. The third-order valence-corrected chi connectivity index (χ3v) is 4.36. The summed E-state index contributed by atoms with van der Waals surface area (Å²) in [6.45, 7) is 2.15. The lowest BCUT2D eigenvalue weighted by atomic mass is 10.1. The van der Waals surface area contributed by atoms with E-state index in [0.29, 0.717) is 5.95 Å². The molecule has 3 heterocycles. The fraction of sp³-hybridized carbons (Fsp3) is 0.190. The predicted octanol–water partition coefficient (Wildman–Crippen LogP) is 4.72. The first-order valence-corrected chi connectivity index (χ1v) is 8.98. The van der Waals surface area contributed by atoms with E-state index in [-0.39, 0.29) is 0 Å². The molecule has 0 bridgehead atoms. The van der Waals surface area contributed by atoms with Gasteiger partial charge in [0.15, 0.2) is 0 Å². The van der Waals surface area contributed by atoms with Crippen molar-refractivity contribution >= 4 is 22.7 Å². The fourth-order valence-corrected chi connectivity index (χ4v) is 3.05. The zero-order chi connectivity index (χ0) is 18.6. The Balaban J connectivity index is 1.73. The molecule has 0 atom stereocenters. The Morgan fingerprint density at radius 2 is 1.96 bits per heavy atom. The van der Waals surface area contributed by atoms with Crippen LogP contribution in [0.5, 0.6) is 5.75 Å². The molecule has 136 valence electrons. The highest BCUT2D eigenvalue weighted by atomic mass is 16.5. The quantitative estimate of drug-likeness (QED) is 0.521. The van der Waals surface area contributed by atoms with E-state index in [0.717, 1.165) is 52.3 Å². The molecule has 0 radical (unpaired) electrons. The normalized spacial score (nSPS) is 10.9. The van der Waals surface area contributed by atoms with Crippen molar-refractivity contribution in [1.82, 2.24) is 19.9 Å². The van der Waals surface area contributed by atoms with Gasteiger partial charge in [-0.1, -0.05) is 13.3 Å². The topological polar surface area (TPSA) is 75.7 Å². The molecule has 27 heavy (non-hydrogen) atoms. The van der Waals surface area contributed by atoms with Crippen molar-refractivity contribution in [3.05, 3.63) is 60.6 Å². The van der Waals surface area contributed by atoms with Gasteiger partial charge in [-0.2, -0.15) is 0 Å². The Labute approximate surface area is 157 Å². The van der Waals surface area contributed by atoms with E-state index in [2.05, 4.69) is 33.3 Å². The van der Waals surface area contributed by atoms with Crippen molar-refractivity contribution in [1.29, 1.82) is 0 Å². The van der Waals surface area contributed by atoms with Crippen LogP contribution in [0.4, 0.5) is 11.6 Å². The first kappa shape index (κ1) is 17.0. The number of H-pyrrole nitrogens is 1. The number of hydrogen-bond acceptors (Lipinski definition) is 5. The summed E-state index contributed by atoms with van der Waals surface area (Å²) < 4.78 is 5.21. The second-order valence-corrected chi connectivity index (χ2v) is 6.27. The number of aromatic nitrogens is 4.